The van der Waals surface area contributed by atoms with E-state index < -0.39 is 0 Å². The van der Waals surface area contributed by atoms with E-state index in [9.17, 15) is 4.79 Å². The molecule has 90 valence electrons. The minimum atomic E-state index is 0.474. The molecule has 1 aromatic rings. The van der Waals surface area contributed by atoms with Crippen molar-refractivity contribution >= 4 is 5.78 Å². The Labute approximate surface area is 103 Å². The molecule has 1 fully saturated rings. The zero-order valence-electron chi connectivity index (χ0n) is 10.4. The van der Waals surface area contributed by atoms with Crippen LogP contribution in [0, 0.1) is 5.92 Å². The number of benzene rings is 1. The third kappa shape index (κ3) is 2.43. The Kier molecular flexibility index (Phi) is 3.00. The molecule has 0 heterocycles. The molecular weight excluding hydrogens is 208 g/mol. The predicted molar refractivity (Wildman–Crippen MR) is 69.1 cm³/mol. The minimum Gasteiger partial charge on any atom is -0.300 e. The van der Waals surface area contributed by atoms with Crippen LogP contribution in [-0.4, -0.2) is 5.78 Å². The lowest BCUT2D eigenvalue weighted by Crippen LogP contribution is -2.16. The molecule has 0 spiro atoms. The number of fused-ring (bicyclic) bond motifs is 1. The molecule has 0 saturated heterocycles. The summed E-state index contributed by atoms with van der Waals surface area (Å²) in [7, 11) is 0. The molecule has 1 atom stereocenters. The van der Waals surface area contributed by atoms with Crippen molar-refractivity contribution < 1.29 is 4.79 Å². The molecule has 2 aliphatic carbocycles. The zero-order valence-corrected chi connectivity index (χ0v) is 10.4. The summed E-state index contributed by atoms with van der Waals surface area (Å²) in [6.45, 7) is 0. The Balaban J connectivity index is 1.70. The molecule has 1 saturated carbocycles. The van der Waals surface area contributed by atoms with E-state index >= 15 is 0 Å². The summed E-state index contributed by atoms with van der Waals surface area (Å²) in [6, 6.07) is 6.98. The van der Waals surface area contributed by atoms with E-state index in [1.54, 1.807) is 11.1 Å². The van der Waals surface area contributed by atoms with Gasteiger partial charge in [0.05, 0.1) is 0 Å². The van der Waals surface area contributed by atoms with Crippen LogP contribution in [0.5, 0.6) is 0 Å². The molecule has 3 rings (SSSR count). The number of hydrogen-bond acceptors (Lipinski definition) is 1. The highest BCUT2D eigenvalue weighted by Crippen LogP contribution is 2.28. The van der Waals surface area contributed by atoms with E-state index in [2.05, 4.69) is 18.2 Å². The van der Waals surface area contributed by atoms with E-state index in [0.717, 1.165) is 25.7 Å². The van der Waals surface area contributed by atoms with Gasteiger partial charge in [-0.1, -0.05) is 18.2 Å². The molecule has 1 heteroatoms. The van der Waals surface area contributed by atoms with E-state index in [1.807, 2.05) is 0 Å². The first-order chi connectivity index (χ1) is 8.31. The van der Waals surface area contributed by atoms with Crippen LogP contribution in [0.1, 0.15) is 48.8 Å². The molecule has 1 unspecified atom stereocenters. The molecule has 0 amide bonds. The third-order valence-corrected chi connectivity index (χ3v) is 4.27. The summed E-state index contributed by atoms with van der Waals surface area (Å²) in [6.07, 6.45) is 8.93. The lowest BCUT2D eigenvalue weighted by molar-refractivity contribution is -0.121. The van der Waals surface area contributed by atoms with Crippen molar-refractivity contribution in [1.82, 2.24) is 0 Å². The normalized spacial score (nSPS) is 23.8. The summed E-state index contributed by atoms with van der Waals surface area (Å²) in [5.41, 5.74) is 4.56. The molecular formula is C16H20O. The van der Waals surface area contributed by atoms with Gasteiger partial charge in [-0.05, 0) is 61.1 Å². The van der Waals surface area contributed by atoms with Crippen molar-refractivity contribution in [2.24, 2.45) is 5.92 Å². The Bertz CT molecular complexity index is 433. The average molecular weight is 228 g/mol. The maximum absolute atomic E-state index is 11.5. The largest absolute Gasteiger partial charge is 0.300 e. The van der Waals surface area contributed by atoms with E-state index in [1.165, 1.54) is 31.2 Å². The van der Waals surface area contributed by atoms with Crippen LogP contribution in [0.4, 0.5) is 0 Å². The second-order valence-electron chi connectivity index (χ2n) is 5.66. The number of hydrogen-bond donors (Lipinski definition) is 0. The highest BCUT2D eigenvalue weighted by atomic mass is 16.1. The number of ketones is 1. The second-order valence-corrected chi connectivity index (χ2v) is 5.66. The Morgan fingerprint density at radius 3 is 2.82 bits per heavy atom. The zero-order chi connectivity index (χ0) is 11.7. The lowest BCUT2D eigenvalue weighted by atomic mass is 9.84. The number of carbonyl (C=O) groups is 1. The smallest absolute Gasteiger partial charge is 0.133 e. The van der Waals surface area contributed by atoms with Crippen LogP contribution in [0.3, 0.4) is 0 Å². The molecule has 0 bridgehead atoms. The molecule has 0 N–H and O–H groups in total. The van der Waals surface area contributed by atoms with Gasteiger partial charge >= 0.3 is 0 Å². The quantitative estimate of drug-likeness (QED) is 0.757. The van der Waals surface area contributed by atoms with E-state index in [-0.39, 0.29) is 0 Å². The van der Waals surface area contributed by atoms with Gasteiger partial charge in [-0.25, -0.2) is 0 Å². The van der Waals surface area contributed by atoms with Crippen molar-refractivity contribution in [3.8, 4) is 0 Å². The van der Waals surface area contributed by atoms with Gasteiger partial charge in [0, 0.05) is 12.8 Å². The predicted octanol–water partition coefficient (Wildman–Crippen LogP) is 3.48. The first kappa shape index (κ1) is 11.0. The van der Waals surface area contributed by atoms with Gasteiger partial charge in [0.25, 0.3) is 0 Å². The number of aryl methyl sites for hydroxylation is 2. The van der Waals surface area contributed by atoms with Gasteiger partial charge in [-0.3, -0.25) is 4.79 Å². The van der Waals surface area contributed by atoms with Crippen LogP contribution in [-0.2, 0) is 24.1 Å². The minimum absolute atomic E-state index is 0.474. The molecule has 2 aliphatic rings. The van der Waals surface area contributed by atoms with Gasteiger partial charge in [-0.2, -0.15) is 0 Å². The molecule has 0 radical (unpaired) electrons. The van der Waals surface area contributed by atoms with Gasteiger partial charge < -0.3 is 0 Å². The Hall–Kier alpha value is -1.11. The van der Waals surface area contributed by atoms with Gasteiger partial charge in [0.15, 0.2) is 0 Å². The monoisotopic (exact) mass is 228 g/mol. The molecule has 1 aromatic carbocycles. The first-order valence-corrected chi connectivity index (χ1v) is 6.93. The van der Waals surface area contributed by atoms with E-state index in [0.29, 0.717) is 11.7 Å². The summed E-state index contributed by atoms with van der Waals surface area (Å²) >= 11 is 0. The number of rotatable bonds is 2. The van der Waals surface area contributed by atoms with Crippen molar-refractivity contribution in [2.75, 3.05) is 0 Å². The van der Waals surface area contributed by atoms with Crippen molar-refractivity contribution in [3.05, 3.63) is 34.9 Å². The van der Waals surface area contributed by atoms with Gasteiger partial charge in [-0.15, -0.1) is 0 Å². The molecule has 0 aliphatic heterocycles. The topological polar surface area (TPSA) is 17.1 Å². The number of carbonyl (C=O) groups excluding carboxylic acids is 1. The highest BCUT2D eigenvalue weighted by Gasteiger charge is 2.20. The molecule has 0 aromatic heterocycles. The summed E-state index contributed by atoms with van der Waals surface area (Å²) < 4.78 is 0. The summed E-state index contributed by atoms with van der Waals surface area (Å²) in [5, 5.41) is 0. The summed E-state index contributed by atoms with van der Waals surface area (Å²) in [5.74, 6) is 1.08. The van der Waals surface area contributed by atoms with Crippen LogP contribution in [0.25, 0.3) is 0 Å². The SMILES string of the molecule is O=C1CCCC(Cc2ccc3c(c2)CCC3)C1. The van der Waals surface area contributed by atoms with Gasteiger partial charge in [0.2, 0.25) is 0 Å². The first-order valence-electron chi connectivity index (χ1n) is 6.93. The van der Waals surface area contributed by atoms with Crippen LogP contribution in [0.15, 0.2) is 18.2 Å². The Morgan fingerprint density at radius 1 is 1.06 bits per heavy atom. The lowest BCUT2D eigenvalue weighted by Gasteiger charge is -2.21. The standard InChI is InChI=1S/C16H20O/c17-16-6-1-3-12(11-16)9-13-7-8-14-4-2-5-15(14)10-13/h7-8,10,12H,1-6,9,11H2. The fraction of sp³-hybridized carbons (Fsp3) is 0.562. The van der Waals surface area contributed by atoms with Crippen molar-refractivity contribution in [2.45, 2.75) is 51.4 Å². The van der Waals surface area contributed by atoms with E-state index in [4.69, 9.17) is 0 Å². The van der Waals surface area contributed by atoms with Crippen LogP contribution < -0.4 is 0 Å². The second kappa shape index (κ2) is 4.64. The maximum Gasteiger partial charge on any atom is 0.133 e. The molecule has 17 heavy (non-hydrogen) atoms. The third-order valence-electron chi connectivity index (χ3n) is 4.27. The van der Waals surface area contributed by atoms with Gasteiger partial charge in [0.1, 0.15) is 5.78 Å². The number of Topliss-reactive ketones (excluding diaryl/α,β-unsaturated/α-hetero) is 1. The highest BCUT2D eigenvalue weighted by molar-refractivity contribution is 5.79. The summed E-state index contributed by atoms with van der Waals surface area (Å²) in [4.78, 5) is 11.5. The van der Waals surface area contributed by atoms with Crippen LogP contribution >= 0.6 is 0 Å². The fourth-order valence-electron chi connectivity index (χ4n) is 3.37. The van der Waals surface area contributed by atoms with Crippen molar-refractivity contribution in [1.29, 1.82) is 0 Å². The van der Waals surface area contributed by atoms with Crippen LogP contribution in [0.2, 0.25) is 0 Å². The fourth-order valence-corrected chi connectivity index (χ4v) is 3.37. The Morgan fingerprint density at radius 2 is 1.94 bits per heavy atom. The maximum atomic E-state index is 11.5. The molecule has 1 nitrogen and oxygen atoms in total. The average Bonchev–Trinajstić information content (AvgIpc) is 2.76. The van der Waals surface area contributed by atoms with Crippen molar-refractivity contribution in [3.63, 3.8) is 0 Å².